The van der Waals surface area contributed by atoms with Crippen LogP contribution in [0.3, 0.4) is 0 Å². The summed E-state index contributed by atoms with van der Waals surface area (Å²) in [5, 5.41) is 4.84. The van der Waals surface area contributed by atoms with Crippen LogP contribution in [0.25, 0.3) is 11.0 Å². The first kappa shape index (κ1) is 14.8. The first-order chi connectivity index (χ1) is 10.1. The van der Waals surface area contributed by atoms with E-state index in [1.807, 2.05) is 25.2 Å². The van der Waals surface area contributed by atoms with E-state index in [9.17, 15) is 4.39 Å². The van der Waals surface area contributed by atoms with Gasteiger partial charge in [0.25, 0.3) is 0 Å². The molecular weight excluding hydrogens is 404 g/mol. The third-order valence-electron chi connectivity index (χ3n) is 3.34. The van der Waals surface area contributed by atoms with E-state index in [0.717, 1.165) is 25.9 Å². The van der Waals surface area contributed by atoms with Crippen LogP contribution < -0.4 is 5.32 Å². The Hall–Kier alpha value is -1.11. The molecule has 21 heavy (non-hydrogen) atoms. The van der Waals surface area contributed by atoms with Crippen LogP contribution in [-0.4, -0.2) is 7.05 Å². The summed E-state index contributed by atoms with van der Waals surface area (Å²) in [4.78, 5) is 0. The lowest BCUT2D eigenvalue weighted by molar-refractivity contribution is 0.490. The van der Waals surface area contributed by atoms with Crippen molar-refractivity contribution in [1.29, 1.82) is 0 Å². The van der Waals surface area contributed by atoms with Crippen molar-refractivity contribution in [3.8, 4) is 0 Å². The molecule has 1 N–H and O–H groups in total. The lowest BCUT2D eigenvalue weighted by Gasteiger charge is -2.15. The molecule has 3 aromatic rings. The van der Waals surface area contributed by atoms with Gasteiger partial charge in [0.05, 0.1) is 6.04 Å². The van der Waals surface area contributed by atoms with Crippen LogP contribution in [0, 0.1) is 9.39 Å². The number of hydrogen-bond acceptors (Lipinski definition) is 2. The summed E-state index contributed by atoms with van der Waals surface area (Å²) in [5.74, 6) is 0.536. The normalized spacial score (nSPS) is 12.8. The van der Waals surface area contributed by atoms with Crippen LogP contribution in [0.4, 0.5) is 4.39 Å². The van der Waals surface area contributed by atoms with Crippen LogP contribution in [0.2, 0.25) is 5.02 Å². The minimum Gasteiger partial charge on any atom is -0.459 e. The molecule has 2 aromatic carbocycles. The second-order valence-electron chi connectivity index (χ2n) is 4.72. The van der Waals surface area contributed by atoms with E-state index >= 15 is 0 Å². The second-order valence-corrected chi connectivity index (χ2v) is 6.32. The molecule has 0 amide bonds. The zero-order valence-corrected chi connectivity index (χ0v) is 14.1. The third kappa shape index (κ3) is 2.93. The number of fused-ring (bicyclic) bond motifs is 1. The SMILES string of the molecule is CNC(c1cc2cc(Cl)ccc2o1)c1ccc(F)cc1I. The van der Waals surface area contributed by atoms with Crippen molar-refractivity contribution in [2.75, 3.05) is 7.05 Å². The van der Waals surface area contributed by atoms with Crippen LogP contribution in [-0.2, 0) is 0 Å². The van der Waals surface area contributed by atoms with Gasteiger partial charge in [0.15, 0.2) is 0 Å². The van der Waals surface area contributed by atoms with Gasteiger partial charge in [-0.3, -0.25) is 0 Å². The van der Waals surface area contributed by atoms with E-state index in [4.69, 9.17) is 16.0 Å². The summed E-state index contributed by atoms with van der Waals surface area (Å²) in [6, 6.07) is 12.1. The van der Waals surface area contributed by atoms with Gasteiger partial charge in [-0.05, 0) is 71.6 Å². The maximum Gasteiger partial charge on any atom is 0.134 e. The topological polar surface area (TPSA) is 25.2 Å². The molecule has 108 valence electrons. The lowest BCUT2D eigenvalue weighted by Crippen LogP contribution is -2.18. The van der Waals surface area contributed by atoms with Gasteiger partial charge >= 0.3 is 0 Å². The molecule has 0 bridgehead atoms. The first-order valence-corrected chi connectivity index (χ1v) is 7.85. The number of furan rings is 1. The smallest absolute Gasteiger partial charge is 0.134 e. The van der Waals surface area contributed by atoms with Crippen molar-refractivity contribution in [3.05, 3.63) is 68.2 Å². The van der Waals surface area contributed by atoms with Gasteiger partial charge in [-0.1, -0.05) is 17.7 Å². The highest BCUT2D eigenvalue weighted by molar-refractivity contribution is 14.1. The lowest BCUT2D eigenvalue weighted by atomic mass is 10.0. The van der Waals surface area contributed by atoms with Gasteiger partial charge in [-0.2, -0.15) is 0 Å². The van der Waals surface area contributed by atoms with Gasteiger partial charge in [0, 0.05) is 14.0 Å². The van der Waals surface area contributed by atoms with Crippen LogP contribution >= 0.6 is 34.2 Å². The number of halogens is 3. The Bertz CT molecular complexity index is 802. The number of nitrogens with one attached hydrogen (secondary N) is 1. The van der Waals surface area contributed by atoms with Crippen molar-refractivity contribution in [3.63, 3.8) is 0 Å². The average molecular weight is 416 g/mol. The summed E-state index contributed by atoms with van der Waals surface area (Å²) in [6.45, 7) is 0. The van der Waals surface area contributed by atoms with E-state index in [1.165, 1.54) is 12.1 Å². The molecule has 0 radical (unpaired) electrons. The Balaban J connectivity index is 2.09. The summed E-state index contributed by atoms with van der Waals surface area (Å²) in [5.41, 5.74) is 1.76. The molecule has 3 rings (SSSR count). The van der Waals surface area contributed by atoms with Crippen molar-refractivity contribution in [2.45, 2.75) is 6.04 Å². The zero-order valence-electron chi connectivity index (χ0n) is 11.2. The minimum atomic E-state index is -0.241. The molecule has 0 saturated carbocycles. The van der Waals surface area contributed by atoms with Crippen LogP contribution in [0.5, 0.6) is 0 Å². The van der Waals surface area contributed by atoms with E-state index in [-0.39, 0.29) is 11.9 Å². The fourth-order valence-corrected chi connectivity index (χ4v) is 3.33. The Morgan fingerprint density at radius 3 is 2.71 bits per heavy atom. The predicted octanol–water partition coefficient (Wildman–Crippen LogP) is 5.14. The van der Waals surface area contributed by atoms with E-state index in [1.54, 1.807) is 12.1 Å². The van der Waals surface area contributed by atoms with Crippen molar-refractivity contribution in [2.24, 2.45) is 0 Å². The standard InChI is InChI=1S/C16H12ClFINO/c1-20-16(12-4-3-11(18)8-13(12)19)15-7-9-6-10(17)2-5-14(9)21-15/h2-8,16,20H,1H3. The van der Waals surface area contributed by atoms with Gasteiger partial charge in [0.1, 0.15) is 17.2 Å². The Morgan fingerprint density at radius 1 is 1.19 bits per heavy atom. The molecule has 1 unspecified atom stereocenters. The summed E-state index contributed by atoms with van der Waals surface area (Å²) in [6.07, 6.45) is 0. The molecule has 0 aliphatic rings. The van der Waals surface area contributed by atoms with E-state index in [0.29, 0.717) is 5.02 Å². The molecule has 1 heterocycles. The molecule has 1 aromatic heterocycles. The van der Waals surface area contributed by atoms with Crippen LogP contribution in [0.15, 0.2) is 46.9 Å². The fourth-order valence-electron chi connectivity index (χ4n) is 2.36. The molecule has 0 saturated heterocycles. The van der Waals surface area contributed by atoms with Crippen molar-refractivity contribution >= 4 is 45.2 Å². The molecule has 2 nitrogen and oxygen atoms in total. The number of benzene rings is 2. The van der Waals surface area contributed by atoms with Gasteiger partial charge in [-0.15, -0.1) is 0 Å². The van der Waals surface area contributed by atoms with E-state index < -0.39 is 0 Å². The van der Waals surface area contributed by atoms with Gasteiger partial charge in [-0.25, -0.2) is 4.39 Å². The monoisotopic (exact) mass is 415 g/mol. The average Bonchev–Trinajstić information content (AvgIpc) is 2.84. The summed E-state index contributed by atoms with van der Waals surface area (Å²) >= 11 is 8.13. The van der Waals surface area contributed by atoms with Crippen LogP contribution in [0.1, 0.15) is 17.4 Å². The molecule has 1 atom stereocenters. The molecular formula is C16H12ClFINO. The predicted molar refractivity (Wildman–Crippen MR) is 91.2 cm³/mol. The Morgan fingerprint density at radius 2 is 2.00 bits per heavy atom. The second kappa shape index (κ2) is 5.94. The quantitative estimate of drug-likeness (QED) is 0.599. The maximum atomic E-state index is 13.3. The van der Waals surface area contributed by atoms with Gasteiger partial charge < -0.3 is 9.73 Å². The van der Waals surface area contributed by atoms with Gasteiger partial charge in [0.2, 0.25) is 0 Å². The minimum absolute atomic E-state index is 0.135. The fraction of sp³-hybridized carbons (Fsp3) is 0.125. The molecule has 5 heteroatoms. The van der Waals surface area contributed by atoms with Crippen molar-refractivity contribution in [1.82, 2.24) is 5.32 Å². The van der Waals surface area contributed by atoms with E-state index in [2.05, 4.69) is 27.9 Å². The summed E-state index contributed by atoms with van der Waals surface area (Å²) < 4.78 is 20.0. The highest BCUT2D eigenvalue weighted by atomic mass is 127. The largest absolute Gasteiger partial charge is 0.459 e. The Labute approximate surface area is 140 Å². The number of hydrogen-bond donors (Lipinski definition) is 1. The number of rotatable bonds is 3. The highest BCUT2D eigenvalue weighted by Crippen LogP contribution is 2.31. The molecule has 0 fully saturated rings. The molecule has 0 aliphatic heterocycles. The Kier molecular flexibility index (Phi) is 4.19. The molecule has 0 aliphatic carbocycles. The van der Waals surface area contributed by atoms with Crippen molar-refractivity contribution < 1.29 is 8.81 Å². The third-order valence-corrected chi connectivity index (χ3v) is 4.51. The highest BCUT2D eigenvalue weighted by Gasteiger charge is 2.19. The first-order valence-electron chi connectivity index (χ1n) is 6.39. The summed E-state index contributed by atoms with van der Waals surface area (Å²) in [7, 11) is 1.85. The zero-order chi connectivity index (χ0) is 15.0. The maximum absolute atomic E-state index is 13.3. The molecule has 0 spiro atoms.